The fourth-order valence-corrected chi connectivity index (χ4v) is 2.72. The van der Waals surface area contributed by atoms with Crippen molar-refractivity contribution in [3.05, 3.63) is 35.9 Å². The molecule has 1 aromatic rings. The normalized spacial score (nSPS) is 15.3. The van der Waals surface area contributed by atoms with Crippen molar-refractivity contribution in [2.24, 2.45) is 0 Å². The first-order valence-corrected chi connectivity index (χ1v) is 9.92. The first-order chi connectivity index (χ1) is 9.29. The van der Waals surface area contributed by atoms with Gasteiger partial charge in [-0.25, -0.2) is 13.2 Å². The van der Waals surface area contributed by atoms with Crippen molar-refractivity contribution in [2.45, 2.75) is 44.9 Å². The van der Waals surface area contributed by atoms with E-state index in [2.05, 4.69) is 0 Å². The molecule has 0 amide bonds. The van der Waals surface area contributed by atoms with Crippen LogP contribution in [0.5, 0.6) is 0 Å². The first kappa shape index (κ1) is 17.2. The minimum atomic E-state index is -2.85. The van der Waals surface area contributed by atoms with Crippen LogP contribution in [0.4, 0.5) is 13.2 Å². The number of hydrogen-bond acceptors (Lipinski definition) is 2. The van der Waals surface area contributed by atoms with E-state index >= 15 is 0 Å². The van der Waals surface area contributed by atoms with Crippen LogP contribution < -0.4 is 0 Å². The maximum absolute atomic E-state index is 13.8. The van der Waals surface area contributed by atoms with E-state index in [9.17, 15) is 13.2 Å². The standard InChI is InChI=1S/C14H21F3O2Si/c1-20(2,3)19-13(14(16)17)12(15)10-18-9-11-7-5-4-6-8-11/h4-8,12-14H,9-10H2,1-3H3. The van der Waals surface area contributed by atoms with Crippen molar-refractivity contribution in [1.82, 2.24) is 0 Å². The van der Waals surface area contributed by atoms with Crippen LogP contribution in [-0.2, 0) is 15.8 Å². The molecule has 0 fully saturated rings. The summed E-state index contributed by atoms with van der Waals surface area (Å²) in [4.78, 5) is 0. The number of alkyl halides is 3. The Morgan fingerprint density at radius 2 is 1.65 bits per heavy atom. The van der Waals surface area contributed by atoms with E-state index in [1.165, 1.54) is 0 Å². The van der Waals surface area contributed by atoms with Gasteiger partial charge in [-0.15, -0.1) is 0 Å². The highest BCUT2D eigenvalue weighted by atomic mass is 28.4. The van der Waals surface area contributed by atoms with Crippen LogP contribution in [0.2, 0.25) is 19.6 Å². The van der Waals surface area contributed by atoms with Gasteiger partial charge in [-0.3, -0.25) is 0 Å². The Bertz CT molecular complexity index is 382. The third-order valence-electron chi connectivity index (χ3n) is 2.48. The van der Waals surface area contributed by atoms with Crippen LogP contribution in [-0.4, -0.2) is 33.6 Å². The molecular formula is C14H21F3O2Si. The molecule has 0 radical (unpaired) electrons. The molecule has 0 spiro atoms. The molecule has 0 saturated carbocycles. The average molecular weight is 306 g/mol. The summed E-state index contributed by atoms with van der Waals surface area (Å²) in [5.41, 5.74) is 0.874. The van der Waals surface area contributed by atoms with Crippen LogP contribution >= 0.6 is 0 Å². The van der Waals surface area contributed by atoms with Crippen molar-refractivity contribution >= 4 is 8.32 Å². The summed E-state index contributed by atoms with van der Waals surface area (Å²) in [7, 11) is -2.22. The molecule has 0 saturated heterocycles. The van der Waals surface area contributed by atoms with E-state index in [0.717, 1.165) is 5.56 Å². The lowest BCUT2D eigenvalue weighted by atomic mass is 10.2. The van der Waals surface area contributed by atoms with Gasteiger partial charge in [-0.2, -0.15) is 0 Å². The molecule has 0 bridgehead atoms. The summed E-state index contributed by atoms with van der Waals surface area (Å²) in [6.07, 6.45) is -6.39. The Morgan fingerprint density at radius 3 is 2.15 bits per heavy atom. The highest BCUT2D eigenvalue weighted by Crippen LogP contribution is 2.19. The van der Waals surface area contributed by atoms with Gasteiger partial charge in [0.2, 0.25) is 0 Å². The molecule has 2 unspecified atom stereocenters. The summed E-state index contributed by atoms with van der Waals surface area (Å²) in [6.45, 7) is 5.05. The molecule has 0 aliphatic rings. The number of ether oxygens (including phenoxy) is 1. The molecule has 6 heteroatoms. The predicted octanol–water partition coefficient (Wildman–Crippen LogP) is 4.03. The maximum Gasteiger partial charge on any atom is 0.266 e. The van der Waals surface area contributed by atoms with E-state index in [-0.39, 0.29) is 6.61 Å². The zero-order valence-corrected chi connectivity index (χ0v) is 13.0. The highest BCUT2D eigenvalue weighted by molar-refractivity contribution is 6.69. The van der Waals surface area contributed by atoms with E-state index in [1.54, 1.807) is 19.6 Å². The zero-order chi connectivity index (χ0) is 15.2. The SMILES string of the molecule is C[Si](C)(C)OC(C(F)F)C(F)COCc1ccccc1. The first-order valence-electron chi connectivity index (χ1n) is 6.51. The van der Waals surface area contributed by atoms with E-state index < -0.39 is 33.6 Å². The second-order valence-corrected chi connectivity index (χ2v) is 10.0. The second-order valence-electron chi connectivity index (χ2n) is 5.55. The van der Waals surface area contributed by atoms with Crippen LogP contribution in [0.25, 0.3) is 0 Å². The van der Waals surface area contributed by atoms with Crippen molar-refractivity contribution in [3.8, 4) is 0 Å². The lowest BCUT2D eigenvalue weighted by Gasteiger charge is -2.28. The zero-order valence-electron chi connectivity index (χ0n) is 12.0. The third-order valence-corrected chi connectivity index (χ3v) is 3.46. The predicted molar refractivity (Wildman–Crippen MR) is 75.2 cm³/mol. The average Bonchev–Trinajstić information content (AvgIpc) is 2.36. The van der Waals surface area contributed by atoms with Gasteiger partial charge >= 0.3 is 0 Å². The fourth-order valence-electron chi connectivity index (χ4n) is 1.65. The monoisotopic (exact) mass is 306 g/mol. The molecule has 2 nitrogen and oxygen atoms in total. The number of halogens is 3. The summed E-state index contributed by atoms with van der Waals surface area (Å²) in [6, 6.07) is 9.19. The minimum absolute atomic E-state index is 0.199. The Balaban J connectivity index is 2.44. The van der Waals surface area contributed by atoms with Gasteiger partial charge in [-0.05, 0) is 25.2 Å². The van der Waals surface area contributed by atoms with Crippen molar-refractivity contribution in [3.63, 3.8) is 0 Å². The highest BCUT2D eigenvalue weighted by Gasteiger charge is 2.35. The molecule has 0 aliphatic heterocycles. The van der Waals surface area contributed by atoms with Gasteiger partial charge in [0.25, 0.3) is 6.43 Å². The van der Waals surface area contributed by atoms with Crippen molar-refractivity contribution < 1.29 is 22.3 Å². The molecule has 1 aromatic carbocycles. The van der Waals surface area contributed by atoms with Crippen LogP contribution in [0, 0.1) is 0 Å². The van der Waals surface area contributed by atoms with Gasteiger partial charge in [-0.1, -0.05) is 30.3 Å². The number of benzene rings is 1. The lowest BCUT2D eigenvalue weighted by Crippen LogP contribution is -2.43. The summed E-state index contributed by atoms with van der Waals surface area (Å²) < 4.78 is 49.9. The lowest BCUT2D eigenvalue weighted by molar-refractivity contribution is -0.0642. The van der Waals surface area contributed by atoms with Crippen LogP contribution in [0.15, 0.2) is 30.3 Å². The van der Waals surface area contributed by atoms with E-state index in [0.29, 0.717) is 0 Å². The topological polar surface area (TPSA) is 18.5 Å². The second kappa shape index (κ2) is 7.80. The molecular weight excluding hydrogens is 285 g/mol. The summed E-state index contributed by atoms with van der Waals surface area (Å²) in [5, 5.41) is 0. The molecule has 114 valence electrons. The molecule has 2 atom stereocenters. The summed E-state index contributed by atoms with van der Waals surface area (Å²) >= 11 is 0. The van der Waals surface area contributed by atoms with Gasteiger partial charge in [0.1, 0.15) is 6.10 Å². The summed E-state index contributed by atoms with van der Waals surface area (Å²) in [5.74, 6) is 0. The number of rotatable bonds is 8. The van der Waals surface area contributed by atoms with Crippen molar-refractivity contribution in [1.29, 1.82) is 0 Å². The fraction of sp³-hybridized carbons (Fsp3) is 0.571. The molecule has 0 aromatic heterocycles. The number of hydrogen-bond donors (Lipinski definition) is 0. The van der Waals surface area contributed by atoms with Crippen LogP contribution in [0.3, 0.4) is 0 Å². The molecule has 0 heterocycles. The van der Waals surface area contributed by atoms with Gasteiger partial charge < -0.3 is 9.16 Å². The Hall–Kier alpha value is -0.853. The smallest absolute Gasteiger partial charge is 0.266 e. The molecule has 0 N–H and O–H groups in total. The largest absolute Gasteiger partial charge is 0.406 e. The van der Waals surface area contributed by atoms with E-state index in [4.69, 9.17) is 9.16 Å². The molecule has 0 aliphatic carbocycles. The third kappa shape index (κ3) is 6.54. The van der Waals surface area contributed by atoms with E-state index in [1.807, 2.05) is 30.3 Å². The quantitative estimate of drug-likeness (QED) is 0.675. The Labute approximate surface area is 119 Å². The molecule has 1 rings (SSSR count). The Morgan fingerprint density at radius 1 is 1.05 bits per heavy atom. The van der Waals surface area contributed by atoms with Gasteiger partial charge in [0.05, 0.1) is 13.2 Å². The Kier molecular flexibility index (Phi) is 6.71. The van der Waals surface area contributed by atoms with Gasteiger partial charge in [0, 0.05) is 0 Å². The molecule has 20 heavy (non-hydrogen) atoms. The van der Waals surface area contributed by atoms with Crippen molar-refractivity contribution in [2.75, 3.05) is 6.61 Å². The maximum atomic E-state index is 13.8. The minimum Gasteiger partial charge on any atom is -0.406 e. The van der Waals surface area contributed by atoms with Crippen LogP contribution in [0.1, 0.15) is 5.56 Å². The van der Waals surface area contributed by atoms with Gasteiger partial charge in [0.15, 0.2) is 14.5 Å².